The predicted octanol–water partition coefficient (Wildman–Crippen LogP) is 15.5. The third kappa shape index (κ3) is 6.51. The minimum Gasteiger partial charge on any atom is -0.305 e. The molecule has 0 N–H and O–H groups in total. The van der Waals surface area contributed by atoms with Crippen molar-refractivity contribution >= 4 is 110 Å². The van der Waals surface area contributed by atoms with Crippen molar-refractivity contribution in [2.45, 2.75) is 0 Å². The maximum absolute atomic E-state index is 13.1. The SMILES string of the molecule is N#Cc1c(-n2c3cccnc3c3ncccc32)c(-n2c3ccncc3c3cc(-c4ccccc4)ccc32)c(-n2c3cccnc3c3ncccc32)c(-n2c3ccc(-c4ccccc4)cc3c3ncccc32)c1-n1c2cccnc2c2ncccc21. The number of nitrogens with zero attached hydrogens (tertiary/aromatic N) is 14. The molecule has 18 rings (SSSR count). The van der Waals surface area contributed by atoms with E-state index in [0.29, 0.717) is 67.1 Å². The maximum Gasteiger partial charge on any atom is 0.115 e. The molecule has 0 spiro atoms. The number of benzene rings is 5. The van der Waals surface area contributed by atoms with Crippen LogP contribution in [0, 0.1) is 11.3 Å². The van der Waals surface area contributed by atoms with Gasteiger partial charge in [0.15, 0.2) is 0 Å². The summed E-state index contributed by atoms with van der Waals surface area (Å²) in [6.07, 6.45) is 16.5. The molecule has 0 aliphatic carbocycles. The van der Waals surface area contributed by atoms with E-state index >= 15 is 0 Å². The Morgan fingerprint density at radius 2 is 0.588 bits per heavy atom. The number of rotatable bonds is 7. The van der Waals surface area contributed by atoms with E-state index in [9.17, 15) is 5.26 Å². The zero-order valence-electron chi connectivity index (χ0n) is 44.9. The fraction of sp³-hybridized carbons (Fsp3) is 0. The Morgan fingerprint density at radius 1 is 0.259 bits per heavy atom. The third-order valence-electron chi connectivity index (χ3n) is 16.7. The van der Waals surface area contributed by atoms with E-state index < -0.39 is 0 Å². The first-order valence-electron chi connectivity index (χ1n) is 27.9. The molecule has 0 radical (unpaired) electrons. The van der Waals surface area contributed by atoms with Crippen molar-refractivity contribution in [3.8, 4) is 56.8 Å². The highest BCUT2D eigenvalue weighted by Gasteiger charge is 2.37. The molecule has 0 atom stereocenters. The van der Waals surface area contributed by atoms with Crippen LogP contribution in [0.4, 0.5) is 0 Å². The second-order valence-electron chi connectivity index (χ2n) is 21.1. The average Bonchev–Trinajstić information content (AvgIpc) is 1.75. The van der Waals surface area contributed by atoms with Crippen molar-refractivity contribution in [3.63, 3.8) is 0 Å². The van der Waals surface area contributed by atoms with Crippen LogP contribution in [0.3, 0.4) is 0 Å². The lowest BCUT2D eigenvalue weighted by Crippen LogP contribution is -2.19. The predicted molar refractivity (Wildman–Crippen MR) is 336 cm³/mol. The number of aromatic nitrogens is 13. The summed E-state index contributed by atoms with van der Waals surface area (Å²) in [5.41, 5.74) is 20.6. The molecular weight excluding hydrogens is 1050 g/mol. The summed E-state index contributed by atoms with van der Waals surface area (Å²) < 4.78 is 11.3. The average molecular weight is 1090 g/mol. The number of hydrogen-bond acceptors (Lipinski definition) is 9. The van der Waals surface area contributed by atoms with Gasteiger partial charge < -0.3 is 22.8 Å². The molecule has 0 unspecified atom stereocenters. The van der Waals surface area contributed by atoms with Crippen LogP contribution in [0.25, 0.3) is 161 Å². The largest absolute Gasteiger partial charge is 0.305 e. The third-order valence-corrected chi connectivity index (χ3v) is 16.7. The Balaban J connectivity index is 1.18. The molecular formula is C71H40N14. The van der Waals surface area contributed by atoms with Crippen LogP contribution in [0.2, 0.25) is 0 Å². The van der Waals surface area contributed by atoms with Crippen LogP contribution >= 0.6 is 0 Å². The normalized spacial score (nSPS) is 12.0. The van der Waals surface area contributed by atoms with Gasteiger partial charge in [0.1, 0.15) is 44.7 Å². The number of fused-ring (bicyclic) bond motifs is 15. The lowest BCUT2D eigenvalue weighted by molar-refractivity contribution is 0.990. The molecule has 13 heterocycles. The van der Waals surface area contributed by atoms with E-state index in [1.807, 2.05) is 85.6 Å². The molecule has 5 aromatic carbocycles. The van der Waals surface area contributed by atoms with Gasteiger partial charge in [-0.15, -0.1) is 0 Å². The van der Waals surface area contributed by atoms with Gasteiger partial charge in [-0.25, -0.2) is 0 Å². The van der Waals surface area contributed by atoms with Gasteiger partial charge in [-0.05, 0) is 138 Å². The zero-order valence-corrected chi connectivity index (χ0v) is 44.9. The van der Waals surface area contributed by atoms with E-state index in [1.54, 1.807) is 24.8 Å². The molecule has 0 saturated carbocycles. The van der Waals surface area contributed by atoms with E-state index in [0.717, 1.165) is 99.1 Å². The van der Waals surface area contributed by atoms with Crippen LogP contribution in [0.1, 0.15) is 5.56 Å². The van der Waals surface area contributed by atoms with Crippen LogP contribution in [-0.4, -0.2) is 62.7 Å². The molecule has 0 aliphatic rings. The highest BCUT2D eigenvalue weighted by molar-refractivity contribution is 6.16. The molecule has 394 valence electrons. The van der Waals surface area contributed by atoms with E-state index in [2.05, 4.69) is 162 Å². The fourth-order valence-electron chi connectivity index (χ4n) is 13.3. The number of pyridine rings is 8. The molecule has 0 aliphatic heterocycles. The van der Waals surface area contributed by atoms with Crippen molar-refractivity contribution in [1.82, 2.24) is 62.7 Å². The fourth-order valence-corrected chi connectivity index (χ4v) is 13.3. The van der Waals surface area contributed by atoms with Gasteiger partial charge in [-0.3, -0.25) is 39.9 Å². The van der Waals surface area contributed by atoms with Crippen molar-refractivity contribution in [3.05, 3.63) is 249 Å². The summed E-state index contributed by atoms with van der Waals surface area (Å²) in [6.45, 7) is 0. The highest BCUT2D eigenvalue weighted by Crippen LogP contribution is 2.51. The number of nitriles is 1. The second-order valence-corrected chi connectivity index (χ2v) is 21.1. The monoisotopic (exact) mass is 1090 g/mol. The molecule has 0 saturated heterocycles. The smallest absolute Gasteiger partial charge is 0.115 e. The quantitative estimate of drug-likeness (QED) is 0.152. The summed E-state index contributed by atoms with van der Waals surface area (Å²) in [5.74, 6) is 0. The van der Waals surface area contributed by atoms with Crippen molar-refractivity contribution in [2.75, 3.05) is 0 Å². The van der Waals surface area contributed by atoms with Gasteiger partial charge in [0.05, 0.1) is 89.1 Å². The molecule has 14 nitrogen and oxygen atoms in total. The summed E-state index contributed by atoms with van der Waals surface area (Å²) in [7, 11) is 0. The summed E-state index contributed by atoms with van der Waals surface area (Å²) in [5, 5.41) is 15.9. The first-order chi connectivity index (χ1) is 42.2. The first-order valence-corrected chi connectivity index (χ1v) is 27.9. The molecule has 0 fully saturated rings. The van der Waals surface area contributed by atoms with Crippen LogP contribution in [0.5, 0.6) is 0 Å². The van der Waals surface area contributed by atoms with E-state index in [1.165, 1.54) is 0 Å². The Hall–Kier alpha value is -12.2. The van der Waals surface area contributed by atoms with Crippen LogP contribution in [-0.2, 0) is 0 Å². The second kappa shape index (κ2) is 17.9. The first kappa shape index (κ1) is 46.5. The summed E-state index contributed by atoms with van der Waals surface area (Å²) >= 11 is 0. The molecule has 13 aromatic heterocycles. The van der Waals surface area contributed by atoms with Gasteiger partial charge in [0.2, 0.25) is 0 Å². The molecule has 14 heteroatoms. The zero-order chi connectivity index (χ0) is 55.9. The van der Waals surface area contributed by atoms with Gasteiger partial charge in [0.25, 0.3) is 0 Å². The van der Waals surface area contributed by atoms with Crippen LogP contribution in [0.15, 0.2) is 244 Å². The number of hydrogen-bond donors (Lipinski definition) is 0. The lowest BCUT2D eigenvalue weighted by atomic mass is 10.0. The molecule has 0 bridgehead atoms. The van der Waals surface area contributed by atoms with Crippen LogP contribution < -0.4 is 0 Å². The topological polar surface area (TPSA) is 152 Å². The van der Waals surface area contributed by atoms with Crippen molar-refractivity contribution in [1.29, 1.82) is 5.26 Å². The molecule has 85 heavy (non-hydrogen) atoms. The van der Waals surface area contributed by atoms with Gasteiger partial charge >= 0.3 is 0 Å². The van der Waals surface area contributed by atoms with Crippen molar-refractivity contribution in [2.24, 2.45) is 0 Å². The lowest BCUT2D eigenvalue weighted by Gasteiger charge is -2.29. The van der Waals surface area contributed by atoms with Gasteiger partial charge in [-0.1, -0.05) is 72.8 Å². The Bertz CT molecular complexity index is 5430. The summed E-state index contributed by atoms with van der Waals surface area (Å²) in [4.78, 5) is 40.7. The minimum atomic E-state index is 0.341. The Morgan fingerprint density at radius 3 is 1.01 bits per heavy atom. The van der Waals surface area contributed by atoms with Crippen molar-refractivity contribution < 1.29 is 0 Å². The Labute approximate surface area is 481 Å². The van der Waals surface area contributed by atoms with E-state index in [-0.39, 0.29) is 0 Å². The summed E-state index contributed by atoms with van der Waals surface area (Å²) in [6, 6.07) is 67.5. The molecule has 18 aromatic rings. The highest BCUT2D eigenvalue weighted by atomic mass is 15.2. The standard InChI is InChI=1S/C71H40N14/c72-40-48-67(83-54-19-8-31-75-61(54)62-55(83)20-9-32-76-62)69(81-50-27-25-44(42-14-3-1-4-15-42)38-46(50)49-41-73-37-29-52(49)81)71(85-58-23-12-35-79-65(58)66-59(85)24-13-36-80-66)70(68(48)84-56-21-10-33-77-63(56)64-57(84)22-11-34-78-64)82-51-28-26-45(43-16-5-2-6-17-43)39-47(51)60-53(82)18-7-30-74-60/h1-39,41H. The minimum absolute atomic E-state index is 0.341. The molecule has 0 amide bonds. The van der Waals surface area contributed by atoms with E-state index in [4.69, 9.17) is 39.9 Å². The maximum atomic E-state index is 13.1. The van der Waals surface area contributed by atoms with Gasteiger partial charge in [-0.2, -0.15) is 5.26 Å². The Kier molecular flexibility index (Phi) is 9.80. The van der Waals surface area contributed by atoms with Gasteiger partial charge in [0, 0.05) is 71.9 Å².